The largest absolute Gasteiger partial charge is 0.481 e. The summed E-state index contributed by atoms with van der Waals surface area (Å²) in [5.74, 6) is -1.11. The summed E-state index contributed by atoms with van der Waals surface area (Å²) in [6.07, 6.45) is 1.80. The summed E-state index contributed by atoms with van der Waals surface area (Å²) in [6.45, 7) is 0.355. The number of carboxylic acids is 1. The molecule has 1 aliphatic heterocycles. The van der Waals surface area contributed by atoms with Crippen LogP contribution in [0.3, 0.4) is 0 Å². The van der Waals surface area contributed by atoms with E-state index in [1.54, 1.807) is 7.05 Å². The molecular formula is C8H13NO3. The zero-order chi connectivity index (χ0) is 9.14. The molecule has 12 heavy (non-hydrogen) atoms. The van der Waals surface area contributed by atoms with Crippen LogP contribution in [0, 0.1) is 5.92 Å². The fraction of sp³-hybridized carbons (Fsp3) is 0.750. The number of carboxylic acid groups (broad SMARTS) is 1. The number of rotatable bonds is 1. The van der Waals surface area contributed by atoms with Crippen molar-refractivity contribution in [2.75, 3.05) is 13.6 Å². The lowest BCUT2D eigenvalue weighted by Crippen LogP contribution is -2.31. The van der Waals surface area contributed by atoms with Gasteiger partial charge in [0, 0.05) is 20.0 Å². The summed E-state index contributed by atoms with van der Waals surface area (Å²) in [5.41, 5.74) is 0. The molecule has 1 rings (SSSR count). The highest BCUT2D eigenvalue weighted by Crippen LogP contribution is 2.15. The lowest BCUT2D eigenvalue weighted by molar-refractivity contribution is -0.142. The molecule has 1 unspecified atom stereocenters. The number of hydrogen-bond donors (Lipinski definition) is 1. The van der Waals surface area contributed by atoms with Crippen molar-refractivity contribution in [2.24, 2.45) is 5.92 Å². The standard InChI is InChI=1S/C8H13NO3/c1-9-5-6(8(11)12)3-2-4-7(9)10/h6H,2-5H2,1H3,(H,11,12). The number of amides is 1. The fourth-order valence-corrected chi connectivity index (χ4v) is 1.42. The Kier molecular flexibility index (Phi) is 2.68. The Morgan fingerprint density at radius 3 is 2.92 bits per heavy atom. The van der Waals surface area contributed by atoms with Gasteiger partial charge in [-0.15, -0.1) is 0 Å². The van der Waals surface area contributed by atoms with Gasteiger partial charge in [-0.25, -0.2) is 0 Å². The molecule has 1 fully saturated rings. The molecule has 1 atom stereocenters. The van der Waals surface area contributed by atoms with Crippen molar-refractivity contribution < 1.29 is 14.7 Å². The summed E-state index contributed by atoms with van der Waals surface area (Å²) in [4.78, 5) is 23.2. The van der Waals surface area contributed by atoms with E-state index in [2.05, 4.69) is 0 Å². The van der Waals surface area contributed by atoms with Gasteiger partial charge in [-0.2, -0.15) is 0 Å². The van der Waals surface area contributed by atoms with Gasteiger partial charge in [0.2, 0.25) is 5.91 Å². The highest BCUT2D eigenvalue weighted by Gasteiger charge is 2.24. The van der Waals surface area contributed by atoms with E-state index in [4.69, 9.17) is 5.11 Å². The number of nitrogens with zero attached hydrogens (tertiary/aromatic N) is 1. The van der Waals surface area contributed by atoms with Crippen LogP contribution in [0.4, 0.5) is 0 Å². The molecule has 68 valence electrons. The maximum absolute atomic E-state index is 11.1. The van der Waals surface area contributed by atoms with Crippen molar-refractivity contribution in [2.45, 2.75) is 19.3 Å². The highest BCUT2D eigenvalue weighted by molar-refractivity contribution is 5.78. The SMILES string of the molecule is CN1CC(C(=O)O)CCCC1=O. The zero-order valence-electron chi connectivity index (χ0n) is 7.12. The van der Waals surface area contributed by atoms with Crippen LogP contribution in [0.1, 0.15) is 19.3 Å². The maximum atomic E-state index is 11.1. The van der Waals surface area contributed by atoms with Crippen LogP contribution < -0.4 is 0 Å². The van der Waals surface area contributed by atoms with Gasteiger partial charge in [-0.1, -0.05) is 0 Å². The molecule has 0 spiro atoms. The molecule has 4 nitrogen and oxygen atoms in total. The summed E-state index contributed by atoms with van der Waals surface area (Å²) in [6, 6.07) is 0. The van der Waals surface area contributed by atoms with Crippen molar-refractivity contribution in [3.05, 3.63) is 0 Å². The molecule has 0 aliphatic carbocycles. The second-order valence-corrected chi connectivity index (χ2v) is 3.20. The maximum Gasteiger partial charge on any atom is 0.308 e. The van der Waals surface area contributed by atoms with E-state index in [-0.39, 0.29) is 11.8 Å². The fourth-order valence-electron chi connectivity index (χ4n) is 1.42. The normalized spacial score (nSPS) is 25.2. The Morgan fingerprint density at radius 1 is 1.67 bits per heavy atom. The summed E-state index contributed by atoms with van der Waals surface area (Å²) in [5, 5.41) is 8.73. The van der Waals surface area contributed by atoms with Crippen LogP contribution in [0.2, 0.25) is 0 Å². The third-order valence-electron chi connectivity index (χ3n) is 2.21. The van der Waals surface area contributed by atoms with Crippen molar-refractivity contribution >= 4 is 11.9 Å². The van der Waals surface area contributed by atoms with Crippen molar-refractivity contribution in [1.82, 2.24) is 4.90 Å². The Labute approximate surface area is 71.2 Å². The second kappa shape index (κ2) is 3.56. The number of aliphatic carboxylic acids is 1. The van der Waals surface area contributed by atoms with E-state index in [0.29, 0.717) is 25.8 Å². The van der Waals surface area contributed by atoms with E-state index in [9.17, 15) is 9.59 Å². The molecule has 1 saturated heterocycles. The lowest BCUT2D eigenvalue weighted by Gasteiger charge is -2.16. The number of likely N-dealkylation sites (tertiary alicyclic amines) is 1. The van der Waals surface area contributed by atoms with Gasteiger partial charge in [0.15, 0.2) is 0 Å². The van der Waals surface area contributed by atoms with Crippen molar-refractivity contribution in [1.29, 1.82) is 0 Å². The molecular weight excluding hydrogens is 158 g/mol. The van der Waals surface area contributed by atoms with Gasteiger partial charge < -0.3 is 10.0 Å². The minimum atomic E-state index is -0.795. The molecule has 0 aromatic heterocycles. The molecule has 1 aliphatic rings. The van der Waals surface area contributed by atoms with Crippen LogP contribution in [0.5, 0.6) is 0 Å². The van der Waals surface area contributed by atoms with E-state index >= 15 is 0 Å². The van der Waals surface area contributed by atoms with Crippen LogP contribution in [-0.2, 0) is 9.59 Å². The third-order valence-corrected chi connectivity index (χ3v) is 2.21. The molecule has 1 amide bonds. The Bertz CT molecular complexity index is 202. The number of carbonyl (C=O) groups is 2. The van der Waals surface area contributed by atoms with Crippen LogP contribution >= 0.6 is 0 Å². The Hall–Kier alpha value is -1.06. The van der Waals surface area contributed by atoms with Crippen LogP contribution in [0.15, 0.2) is 0 Å². The summed E-state index contributed by atoms with van der Waals surface area (Å²) >= 11 is 0. The highest BCUT2D eigenvalue weighted by atomic mass is 16.4. The third kappa shape index (κ3) is 1.96. The number of carbonyl (C=O) groups excluding carboxylic acids is 1. The monoisotopic (exact) mass is 171 g/mol. The zero-order valence-corrected chi connectivity index (χ0v) is 7.12. The first-order chi connectivity index (χ1) is 5.61. The molecule has 0 aromatic rings. The van der Waals surface area contributed by atoms with Crippen molar-refractivity contribution in [3.63, 3.8) is 0 Å². The number of hydrogen-bond acceptors (Lipinski definition) is 2. The molecule has 0 radical (unpaired) electrons. The predicted molar refractivity (Wildman–Crippen MR) is 42.6 cm³/mol. The van der Waals surface area contributed by atoms with Gasteiger partial charge in [0.05, 0.1) is 5.92 Å². The van der Waals surface area contributed by atoms with Gasteiger partial charge in [0.1, 0.15) is 0 Å². The van der Waals surface area contributed by atoms with E-state index in [0.717, 1.165) is 0 Å². The van der Waals surface area contributed by atoms with Crippen LogP contribution in [-0.4, -0.2) is 35.5 Å². The van der Waals surface area contributed by atoms with Gasteiger partial charge in [0.25, 0.3) is 0 Å². The predicted octanol–water partition coefficient (Wildman–Crippen LogP) is 0.329. The first-order valence-electron chi connectivity index (χ1n) is 4.08. The van der Waals surface area contributed by atoms with Gasteiger partial charge in [-0.3, -0.25) is 9.59 Å². The van der Waals surface area contributed by atoms with Crippen LogP contribution in [0.25, 0.3) is 0 Å². The summed E-state index contributed by atoms with van der Waals surface area (Å²) < 4.78 is 0. The average molecular weight is 171 g/mol. The minimum absolute atomic E-state index is 0.0544. The minimum Gasteiger partial charge on any atom is -0.481 e. The summed E-state index contributed by atoms with van der Waals surface area (Å²) in [7, 11) is 1.66. The van der Waals surface area contributed by atoms with E-state index < -0.39 is 5.97 Å². The lowest BCUT2D eigenvalue weighted by atomic mass is 10.0. The smallest absolute Gasteiger partial charge is 0.308 e. The molecule has 0 bridgehead atoms. The van der Waals surface area contributed by atoms with Gasteiger partial charge in [-0.05, 0) is 12.8 Å². The second-order valence-electron chi connectivity index (χ2n) is 3.20. The molecule has 0 saturated carbocycles. The molecule has 4 heteroatoms. The topological polar surface area (TPSA) is 57.6 Å². The first-order valence-corrected chi connectivity index (χ1v) is 4.08. The first kappa shape index (κ1) is 9.03. The molecule has 1 heterocycles. The van der Waals surface area contributed by atoms with Crippen molar-refractivity contribution in [3.8, 4) is 0 Å². The van der Waals surface area contributed by atoms with E-state index in [1.165, 1.54) is 4.90 Å². The van der Waals surface area contributed by atoms with E-state index in [1.807, 2.05) is 0 Å². The van der Waals surface area contributed by atoms with Gasteiger partial charge >= 0.3 is 5.97 Å². The molecule has 1 N–H and O–H groups in total. The Morgan fingerprint density at radius 2 is 2.33 bits per heavy atom. The quantitative estimate of drug-likeness (QED) is 0.618. The Balaban J connectivity index is 2.59. The molecule has 0 aromatic carbocycles. The average Bonchev–Trinajstić information content (AvgIpc) is 2.15.